The predicted molar refractivity (Wildman–Crippen MR) is 78.5 cm³/mol. The highest BCUT2D eigenvalue weighted by Gasteiger charge is 2.48. The molecule has 0 radical (unpaired) electrons. The monoisotopic (exact) mass is 367 g/mol. The summed E-state index contributed by atoms with van der Waals surface area (Å²) in [5, 5.41) is 0. The van der Waals surface area contributed by atoms with E-state index in [1.165, 1.54) is 6.07 Å². The van der Waals surface area contributed by atoms with Crippen LogP contribution >= 0.6 is 0 Å². The molecule has 0 amide bonds. The van der Waals surface area contributed by atoms with Crippen molar-refractivity contribution in [3.63, 3.8) is 0 Å². The second-order valence-electron chi connectivity index (χ2n) is 6.68. The normalized spacial score (nSPS) is 18.3. The molecule has 0 N–H and O–H groups in total. The zero-order chi connectivity index (χ0) is 19.2. The number of ether oxygens (including phenoxy) is 1. The van der Waals surface area contributed by atoms with E-state index in [4.69, 9.17) is 4.74 Å². The van der Waals surface area contributed by atoms with Gasteiger partial charge < -0.3 is 4.74 Å². The zero-order valence-electron chi connectivity index (χ0n) is 13.5. The van der Waals surface area contributed by atoms with Crippen LogP contribution < -0.4 is 4.74 Å². The zero-order valence-corrected chi connectivity index (χ0v) is 13.5. The van der Waals surface area contributed by atoms with E-state index in [2.05, 4.69) is 4.99 Å². The van der Waals surface area contributed by atoms with Crippen LogP contribution in [0.4, 0.5) is 32.0 Å². The first kappa shape index (κ1) is 19.3. The Morgan fingerprint density at radius 3 is 2.20 bits per heavy atom. The van der Waals surface area contributed by atoms with E-state index in [-0.39, 0.29) is 22.8 Å². The fraction of sp³-hybridized carbons (Fsp3) is 0.500. The number of carbonyl (C=O) groups excluding carboxylic acids is 1. The van der Waals surface area contributed by atoms with Crippen LogP contribution in [0.1, 0.15) is 37.6 Å². The Balaban J connectivity index is 2.47. The molecular weight excluding hydrogens is 352 g/mol. The summed E-state index contributed by atoms with van der Waals surface area (Å²) in [6.07, 6.45) is -14.1. The molecule has 0 saturated heterocycles. The maximum atomic E-state index is 13.0. The van der Waals surface area contributed by atoms with E-state index in [1.54, 1.807) is 20.8 Å². The number of hydrogen-bond acceptors (Lipinski definition) is 3. The van der Waals surface area contributed by atoms with Crippen LogP contribution in [0.25, 0.3) is 0 Å². The van der Waals surface area contributed by atoms with Gasteiger partial charge in [-0.15, -0.1) is 0 Å². The first-order chi connectivity index (χ1) is 11.2. The second kappa shape index (κ2) is 6.03. The minimum Gasteiger partial charge on any atom is -0.481 e. The van der Waals surface area contributed by atoms with E-state index < -0.39 is 36.0 Å². The molecule has 1 aliphatic rings. The first-order valence-corrected chi connectivity index (χ1v) is 7.26. The van der Waals surface area contributed by atoms with Gasteiger partial charge in [-0.3, -0.25) is 4.79 Å². The third kappa shape index (κ3) is 4.52. The molecule has 1 atom stereocenters. The largest absolute Gasteiger partial charge is 0.481 e. The summed E-state index contributed by atoms with van der Waals surface area (Å²) in [6, 6.07) is 3.53. The van der Waals surface area contributed by atoms with Gasteiger partial charge in [0.2, 0.25) is 0 Å². The number of Topliss-reactive ketones (excluding diaryl/α,β-unsaturated/α-hetero) is 1. The van der Waals surface area contributed by atoms with Crippen molar-refractivity contribution >= 4 is 17.2 Å². The topological polar surface area (TPSA) is 38.7 Å². The van der Waals surface area contributed by atoms with E-state index in [9.17, 15) is 31.1 Å². The van der Waals surface area contributed by atoms with Gasteiger partial charge in [0, 0.05) is 11.0 Å². The van der Waals surface area contributed by atoms with E-state index >= 15 is 0 Å². The molecule has 138 valence electrons. The van der Waals surface area contributed by atoms with Crippen LogP contribution in [0.2, 0.25) is 0 Å². The summed E-state index contributed by atoms with van der Waals surface area (Å²) < 4.78 is 81.7. The summed E-state index contributed by atoms with van der Waals surface area (Å²) in [5.41, 5.74) is -2.56. The molecule has 1 aromatic rings. The number of halogens is 6. The van der Waals surface area contributed by atoms with Crippen LogP contribution in [-0.2, 0) is 0 Å². The van der Waals surface area contributed by atoms with Gasteiger partial charge in [-0.25, -0.2) is 4.99 Å². The molecule has 0 saturated carbocycles. The van der Waals surface area contributed by atoms with Gasteiger partial charge in [0.1, 0.15) is 11.4 Å². The average Bonchev–Trinajstić information content (AvgIpc) is 2.41. The highest BCUT2D eigenvalue weighted by Crippen LogP contribution is 2.40. The number of alkyl halides is 6. The van der Waals surface area contributed by atoms with Crippen LogP contribution in [0, 0.1) is 5.41 Å². The van der Waals surface area contributed by atoms with Gasteiger partial charge >= 0.3 is 12.4 Å². The molecular formula is C16H15F6NO2. The average molecular weight is 367 g/mol. The molecule has 2 rings (SSSR count). The van der Waals surface area contributed by atoms with Gasteiger partial charge in [-0.2, -0.15) is 26.3 Å². The SMILES string of the molecule is CC(C)(C)C(=O)c1ccc2c(c1)OC(CC(F)(F)F)C(C(F)(F)F)=N2. The minimum absolute atomic E-state index is 0.127. The number of nitrogens with zero attached hydrogens (tertiary/aromatic N) is 1. The first-order valence-electron chi connectivity index (χ1n) is 7.26. The molecule has 3 nitrogen and oxygen atoms in total. The number of rotatable bonds is 2. The minimum atomic E-state index is -5.06. The lowest BCUT2D eigenvalue weighted by atomic mass is 9.86. The third-order valence-corrected chi connectivity index (χ3v) is 3.43. The predicted octanol–water partition coefficient (Wildman–Crippen LogP) is 5.26. The second-order valence-corrected chi connectivity index (χ2v) is 6.68. The third-order valence-electron chi connectivity index (χ3n) is 3.43. The fourth-order valence-corrected chi connectivity index (χ4v) is 2.28. The lowest BCUT2D eigenvalue weighted by Gasteiger charge is -2.28. The molecule has 1 aliphatic heterocycles. The van der Waals surface area contributed by atoms with Gasteiger partial charge in [0.05, 0.1) is 6.42 Å². The van der Waals surface area contributed by atoms with Crippen molar-refractivity contribution in [2.24, 2.45) is 10.4 Å². The number of hydrogen-bond donors (Lipinski definition) is 0. The van der Waals surface area contributed by atoms with Crippen LogP contribution in [0.5, 0.6) is 5.75 Å². The fourth-order valence-electron chi connectivity index (χ4n) is 2.28. The summed E-state index contributed by atoms with van der Waals surface area (Å²) in [4.78, 5) is 15.5. The van der Waals surface area contributed by atoms with Crippen molar-refractivity contribution in [3.05, 3.63) is 23.8 Å². The molecule has 0 spiro atoms. The van der Waals surface area contributed by atoms with Gasteiger partial charge in [-0.1, -0.05) is 20.8 Å². The molecule has 1 aromatic carbocycles. The van der Waals surface area contributed by atoms with Gasteiger partial charge in [0.25, 0.3) is 0 Å². The van der Waals surface area contributed by atoms with Crippen molar-refractivity contribution in [2.75, 3.05) is 0 Å². The van der Waals surface area contributed by atoms with E-state index in [0.717, 1.165) is 12.1 Å². The van der Waals surface area contributed by atoms with Gasteiger partial charge in [0.15, 0.2) is 17.6 Å². The van der Waals surface area contributed by atoms with Crippen LogP contribution in [-0.4, -0.2) is 30.0 Å². The maximum Gasteiger partial charge on any atom is 0.433 e. The molecule has 0 bridgehead atoms. The molecule has 25 heavy (non-hydrogen) atoms. The highest BCUT2D eigenvalue weighted by molar-refractivity contribution is 6.02. The van der Waals surface area contributed by atoms with Gasteiger partial charge in [-0.05, 0) is 18.2 Å². The maximum absolute atomic E-state index is 13.0. The highest BCUT2D eigenvalue weighted by atomic mass is 19.4. The van der Waals surface area contributed by atoms with Crippen LogP contribution in [0.3, 0.4) is 0 Å². The van der Waals surface area contributed by atoms with E-state index in [0.29, 0.717) is 0 Å². The van der Waals surface area contributed by atoms with Crippen molar-refractivity contribution in [1.82, 2.24) is 0 Å². The standard InChI is InChI=1S/C16H15F6NO2/c1-14(2,3)13(24)8-4-5-9-10(6-8)25-11(7-15(17,18)19)12(23-9)16(20,21)22/h4-6,11H,7H2,1-3H3. The van der Waals surface area contributed by atoms with Crippen molar-refractivity contribution in [2.45, 2.75) is 45.6 Å². The Kier molecular flexibility index (Phi) is 4.65. The number of fused-ring (bicyclic) bond motifs is 1. The molecule has 0 fully saturated rings. The number of aliphatic imine (C=N–C) groups is 1. The summed E-state index contributed by atoms with van der Waals surface area (Å²) in [6.45, 7) is 4.92. The Morgan fingerprint density at radius 1 is 1.12 bits per heavy atom. The summed E-state index contributed by atoms with van der Waals surface area (Å²) in [7, 11) is 0. The number of carbonyl (C=O) groups is 1. The molecule has 1 unspecified atom stereocenters. The van der Waals surface area contributed by atoms with Crippen molar-refractivity contribution < 1.29 is 35.9 Å². The quantitative estimate of drug-likeness (QED) is 0.528. The molecule has 9 heteroatoms. The summed E-state index contributed by atoms with van der Waals surface area (Å²) >= 11 is 0. The van der Waals surface area contributed by atoms with Crippen molar-refractivity contribution in [1.29, 1.82) is 0 Å². The Bertz CT molecular complexity index is 713. The Hall–Kier alpha value is -2.06. The molecule has 0 aliphatic carbocycles. The summed E-state index contributed by atoms with van der Waals surface area (Å²) in [5.74, 6) is -0.603. The lowest BCUT2D eigenvalue weighted by molar-refractivity contribution is -0.147. The molecule has 0 aromatic heterocycles. The Morgan fingerprint density at radius 2 is 1.72 bits per heavy atom. The Labute approximate surface area is 139 Å². The van der Waals surface area contributed by atoms with Crippen molar-refractivity contribution in [3.8, 4) is 5.75 Å². The van der Waals surface area contributed by atoms with E-state index in [1.807, 2.05) is 0 Å². The van der Waals surface area contributed by atoms with Crippen LogP contribution in [0.15, 0.2) is 23.2 Å². The smallest absolute Gasteiger partial charge is 0.433 e. The number of benzene rings is 1. The number of ketones is 1. The molecule has 1 heterocycles. The lowest BCUT2D eigenvalue weighted by Crippen LogP contribution is -2.42.